The first-order valence-electron chi connectivity index (χ1n) is 6.05. The molecule has 1 amide bonds. The Labute approximate surface area is 145 Å². The second-order valence-corrected chi connectivity index (χ2v) is 6.82. The lowest BCUT2D eigenvalue weighted by atomic mass is 10.3. The van der Waals surface area contributed by atoms with Gasteiger partial charge in [-0.1, -0.05) is 34.8 Å². The first kappa shape index (κ1) is 17.1. The normalized spacial score (nSPS) is 10.4. The molecule has 22 heavy (non-hydrogen) atoms. The zero-order valence-electron chi connectivity index (χ0n) is 11.3. The van der Waals surface area contributed by atoms with E-state index in [9.17, 15) is 9.59 Å². The van der Waals surface area contributed by atoms with Crippen molar-refractivity contribution in [2.24, 2.45) is 0 Å². The lowest BCUT2D eigenvalue weighted by molar-refractivity contribution is -0.119. The van der Waals surface area contributed by atoms with E-state index in [-0.39, 0.29) is 15.7 Å². The van der Waals surface area contributed by atoms with Crippen molar-refractivity contribution in [1.29, 1.82) is 0 Å². The van der Waals surface area contributed by atoms with E-state index in [0.29, 0.717) is 9.90 Å². The van der Waals surface area contributed by atoms with E-state index in [1.807, 2.05) is 6.92 Å². The second-order valence-electron chi connectivity index (χ2n) is 4.28. The van der Waals surface area contributed by atoms with Gasteiger partial charge >= 0.3 is 5.97 Å². The quantitative estimate of drug-likeness (QED) is 0.777. The fourth-order valence-corrected chi connectivity index (χ4v) is 3.26. The van der Waals surface area contributed by atoms with E-state index in [1.54, 1.807) is 12.1 Å². The van der Waals surface area contributed by atoms with Gasteiger partial charge in [0.2, 0.25) is 0 Å². The molecule has 116 valence electrons. The molecule has 0 fully saturated rings. The van der Waals surface area contributed by atoms with Gasteiger partial charge in [-0.2, -0.15) is 0 Å². The van der Waals surface area contributed by atoms with Gasteiger partial charge in [0.1, 0.15) is 4.88 Å². The molecular weight excluding hydrogens is 369 g/mol. The van der Waals surface area contributed by atoms with Crippen LogP contribution < -0.4 is 5.32 Å². The average molecular weight is 379 g/mol. The number of halogens is 3. The minimum atomic E-state index is -0.554. The number of anilines is 1. The van der Waals surface area contributed by atoms with Crippen LogP contribution in [0.15, 0.2) is 24.3 Å². The molecule has 0 radical (unpaired) electrons. The first-order chi connectivity index (χ1) is 10.4. The molecule has 0 atom stereocenters. The lowest BCUT2D eigenvalue weighted by Gasteiger charge is -2.10. The van der Waals surface area contributed by atoms with Gasteiger partial charge in [-0.05, 0) is 31.2 Å². The van der Waals surface area contributed by atoms with Crippen molar-refractivity contribution in [2.45, 2.75) is 6.92 Å². The summed E-state index contributed by atoms with van der Waals surface area (Å²) in [5, 5.41) is 3.24. The second kappa shape index (κ2) is 7.33. The van der Waals surface area contributed by atoms with E-state index in [2.05, 4.69) is 5.32 Å². The Morgan fingerprint density at radius 1 is 1.18 bits per heavy atom. The molecule has 0 unspecified atom stereocenters. The van der Waals surface area contributed by atoms with Crippen molar-refractivity contribution in [1.82, 2.24) is 0 Å². The molecule has 0 aliphatic heterocycles. The van der Waals surface area contributed by atoms with Gasteiger partial charge in [-0.25, -0.2) is 4.79 Å². The van der Waals surface area contributed by atoms with Crippen LogP contribution in [0.5, 0.6) is 0 Å². The minimum Gasteiger partial charge on any atom is -0.451 e. The Kier molecular flexibility index (Phi) is 5.69. The first-order valence-corrected chi connectivity index (χ1v) is 8.00. The van der Waals surface area contributed by atoms with Crippen molar-refractivity contribution in [3.63, 3.8) is 0 Å². The van der Waals surface area contributed by atoms with Crippen LogP contribution in [-0.2, 0) is 9.53 Å². The van der Waals surface area contributed by atoms with Gasteiger partial charge in [-0.3, -0.25) is 4.79 Å². The van der Waals surface area contributed by atoms with Crippen molar-refractivity contribution in [2.75, 3.05) is 11.9 Å². The molecule has 1 heterocycles. The van der Waals surface area contributed by atoms with Crippen LogP contribution in [0.2, 0.25) is 15.1 Å². The predicted molar refractivity (Wildman–Crippen MR) is 89.4 cm³/mol. The number of esters is 1. The Balaban J connectivity index is 1.95. The molecule has 0 saturated heterocycles. The Bertz CT molecular complexity index is 707. The number of ether oxygens (including phenoxy) is 1. The molecule has 0 aliphatic carbocycles. The van der Waals surface area contributed by atoms with Gasteiger partial charge in [0.05, 0.1) is 15.7 Å². The van der Waals surface area contributed by atoms with Crippen molar-refractivity contribution in [3.05, 3.63) is 49.1 Å². The third kappa shape index (κ3) is 4.36. The van der Waals surface area contributed by atoms with Crippen LogP contribution in [-0.4, -0.2) is 18.5 Å². The van der Waals surface area contributed by atoms with E-state index in [4.69, 9.17) is 39.5 Å². The summed E-state index contributed by atoms with van der Waals surface area (Å²) in [5.41, 5.74) is 0.223. The van der Waals surface area contributed by atoms with Crippen molar-refractivity contribution < 1.29 is 14.3 Å². The number of thiophene rings is 1. The van der Waals surface area contributed by atoms with Gasteiger partial charge in [-0.15, -0.1) is 11.3 Å². The van der Waals surface area contributed by atoms with Crippen LogP contribution in [0.3, 0.4) is 0 Å². The van der Waals surface area contributed by atoms with Crippen molar-refractivity contribution >= 4 is 63.7 Å². The van der Waals surface area contributed by atoms with Crippen LogP contribution in [0.1, 0.15) is 14.5 Å². The Morgan fingerprint density at radius 3 is 2.36 bits per heavy atom. The topological polar surface area (TPSA) is 55.4 Å². The number of hydrogen-bond acceptors (Lipinski definition) is 4. The SMILES string of the molecule is Cc1ccc(C(=O)OCC(=O)Nc2c(Cl)cc(Cl)cc2Cl)s1. The smallest absolute Gasteiger partial charge is 0.348 e. The number of carbonyl (C=O) groups is 2. The highest BCUT2D eigenvalue weighted by Gasteiger charge is 2.15. The van der Waals surface area contributed by atoms with Gasteiger partial charge in [0.25, 0.3) is 5.91 Å². The molecule has 1 aromatic heterocycles. The van der Waals surface area contributed by atoms with Crippen LogP contribution in [0.4, 0.5) is 5.69 Å². The number of nitrogens with one attached hydrogen (secondary N) is 1. The van der Waals surface area contributed by atoms with E-state index >= 15 is 0 Å². The number of hydrogen-bond donors (Lipinski definition) is 1. The number of rotatable bonds is 4. The monoisotopic (exact) mass is 377 g/mol. The molecule has 4 nitrogen and oxygen atoms in total. The fraction of sp³-hybridized carbons (Fsp3) is 0.143. The average Bonchev–Trinajstić information content (AvgIpc) is 2.87. The van der Waals surface area contributed by atoms with Gasteiger partial charge in [0, 0.05) is 9.90 Å². The fourth-order valence-electron chi connectivity index (χ4n) is 1.58. The van der Waals surface area contributed by atoms with Crippen LogP contribution >= 0.6 is 46.1 Å². The summed E-state index contributed by atoms with van der Waals surface area (Å²) < 4.78 is 4.93. The Hall–Kier alpha value is -1.27. The molecule has 0 saturated carbocycles. The molecule has 8 heteroatoms. The molecule has 2 rings (SSSR count). The van der Waals surface area contributed by atoms with Crippen LogP contribution in [0, 0.1) is 6.92 Å². The zero-order chi connectivity index (χ0) is 16.3. The summed E-state index contributed by atoms with van der Waals surface area (Å²) in [6, 6.07) is 6.35. The number of carbonyl (C=O) groups excluding carboxylic acids is 2. The lowest BCUT2D eigenvalue weighted by Crippen LogP contribution is -2.21. The molecular formula is C14H10Cl3NO3S. The number of amides is 1. The maximum absolute atomic E-state index is 11.8. The standard InChI is InChI=1S/C14H10Cl3NO3S/c1-7-2-3-11(22-7)14(20)21-6-12(19)18-13-9(16)4-8(15)5-10(13)17/h2-5H,6H2,1H3,(H,18,19). The third-order valence-corrected chi connectivity index (χ3v) is 4.34. The molecule has 0 aliphatic rings. The predicted octanol–water partition coefficient (Wildman–Crippen LogP) is 4.81. The summed E-state index contributed by atoms with van der Waals surface area (Å²) >= 11 is 19.0. The molecule has 0 bridgehead atoms. The number of benzene rings is 1. The summed E-state index contributed by atoms with van der Waals surface area (Å²) in [5.74, 6) is -1.10. The van der Waals surface area contributed by atoms with Crippen molar-refractivity contribution in [3.8, 4) is 0 Å². The highest BCUT2D eigenvalue weighted by atomic mass is 35.5. The Morgan fingerprint density at radius 2 is 1.82 bits per heavy atom. The summed E-state index contributed by atoms with van der Waals surface area (Å²) in [4.78, 5) is 25.0. The highest BCUT2D eigenvalue weighted by Crippen LogP contribution is 2.33. The molecule has 2 aromatic rings. The largest absolute Gasteiger partial charge is 0.451 e. The van der Waals surface area contributed by atoms with Gasteiger partial charge < -0.3 is 10.1 Å². The van der Waals surface area contributed by atoms with Crippen LogP contribution in [0.25, 0.3) is 0 Å². The maximum atomic E-state index is 11.8. The third-order valence-electron chi connectivity index (χ3n) is 2.55. The van der Waals surface area contributed by atoms with Gasteiger partial charge in [0.15, 0.2) is 6.61 Å². The van der Waals surface area contributed by atoms with E-state index < -0.39 is 18.5 Å². The summed E-state index contributed by atoms with van der Waals surface area (Å²) in [7, 11) is 0. The van der Waals surface area contributed by atoms with E-state index in [0.717, 1.165) is 4.88 Å². The molecule has 1 N–H and O–H groups in total. The van der Waals surface area contributed by atoms with E-state index in [1.165, 1.54) is 23.5 Å². The summed E-state index contributed by atoms with van der Waals surface area (Å²) in [6.07, 6.45) is 0. The minimum absolute atomic E-state index is 0.200. The highest BCUT2D eigenvalue weighted by molar-refractivity contribution is 7.13. The zero-order valence-corrected chi connectivity index (χ0v) is 14.4. The molecule has 0 spiro atoms. The summed E-state index contributed by atoms with van der Waals surface area (Å²) in [6.45, 7) is 1.43. The molecule has 1 aromatic carbocycles. The maximum Gasteiger partial charge on any atom is 0.348 e. The number of aryl methyl sites for hydroxylation is 1.